The predicted molar refractivity (Wildman–Crippen MR) is 93.6 cm³/mol. The Morgan fingerprint density at radius 1 is 1.04 bits per heavy atom. The van der Waals surface area contributed by atoms with Gasteiger partial charge in [0.15, 0.2) is 6.10 Å². The van der Waals surface area contributed by atoms with E-state index in [1.165, 1.54) is 11.1 Å². The van der Waals surface area contributed by atoms with Crippen molar-refractivity contribution in [3.8, 4) is 5.75 Å². The van der Waals surface area contributed by atoms with Crippen molar-refractivity contribution in [3.05, 3.63) is 65.7 Å². The first kappa shape index (κ1) is 17.1. The summed E-state index contributed by atoms with van der Waals surface area (Å²) >= 11 is 0. The monoisotopic (exact) mass is 311 g/mol. The molecule has 1 amide bonds. The summed E-state index contributed by atoms with van der Waals surface area (Å²) in [5, 5.41) is 3.02. The number of carbonyl (C=O) groups is 1. The molecule has 0 saturated heterocycles. The second-order valence-electron chi connectivity index (χ2n) is 6.01. The second kappa shape index (κ2) is 8.37. The lowest BCUT2D eigenvalue weighted by atomic mass is 10.1. The van der Waals surface area contributed by atoms with Gasteiger partial charge in [0.25, 0.3) is 5.91 Å². The van der Waals surface area contributed by atoms with Gasteiger partial charge in [-0.1, -0.05) is 48.0 Å². The first-order valence-corrected chi connectivity index (χ1v) is 8.12. The van der Waals surface area contributed by atoms with Crippen molar-refractivity contribution in [1.29, 1.82) is 0 Å². The van der Waals surface area contributed by atoms with Gasteiger partial charge in [-0.3, -0.25) is 4.79 Å². The highest BCUT2D eigenvalue weighted by molar-refractivity contribution is 5.80. The van der Waals surface area contributed by atoms with E-state index in [9.17, 15) is 4.79 Å². The molecule has 2 rings (SSSR count). The fourth-order valence-corrected chi connectivity index (χ4v) is 2.33. The van der Waals surface area contributed by atoms with E-state index in [0.717, 1.165) is 18.6 Å². The number of ether oxygens (including phenoxy) is 1. The first-order valence-electron chi connectivity index (χ1n) is 8.12. The van der Waals surface area contributed by atoms with Gasteiger partial charge in [-0.15, -0.1) is 0 Å². The summed E-state index contributed by atoms with van der Waals surface area (Å²) in [4.78, 5) is 12.2. The van der Waals surface area contributed by atoms with Crippen LogP contribution < -0.4 is 10.1 Å². The zero-order chi connectivity index (χ0) is 16.7. The van der Waals surface area contributed by atoms with Crippen molar-refractivity contribution in [2.75, 3.05) is 0 Å². The molecule has 2 aromatic rings. The van der Waals surface area contributed by atoms with E-state index in [1.807, 2.05) is 56.3 Å². The van der Waals surface area contributed by atoms with E-state index in [4.69, 9.17) is 4.74 Å². The van der Waals surface area contributed by atoms with Gasteiger partial charge >= 0.3 is 0 Å². The maximum atomic E-state index is 12.2. The number of hydrogen-bond donors (Lipinski definition) is 1. The molecule has 2 aromatic carbocycles. The highest BCUT2D eigenvalue weighted by Crippen LogP contribution is 2.13. The zero-order valence-electron chi connectivity index (χ0n) is 14.1. The quantitative estimate of drug-likeness (QED) is 0.842. The Morgan fingerprint density at radius 2 is 1.70 bits per heavy atom. The van der Waals surface area contributed by atoms with Crippen LogP contribution in [0.5, 0.6) is 5.75 Å². The Morgan fingerprint density at radius 3 is 2.35 bits per heavy atom. The minimum absolute atomic E-state index is 0.0777. The topological polar surface area (TPSA) is 38.3 Å². The summed E-state index contributed by atoms with van der Waals surface area (Å²) < 4.78 is 5.68. The minimum Gasteiger partial charge on any atom is -0.481 e. The lowest BCUT2D eigenvalue weighted by molar-refractivity contribution is -0.127. The first-order chi connectivity index (χ1) is 11.0. The molecule has 0 fully saturated rings. The van der Waals surface area contributed by atoms with Gasteiger partial charge in [-0.25, -0.2) is 0 Å². The highest BCUT2D eigenvalue weighted by atomic mass is 16.5. The summed E-state index contributed by atoms with van der Waals surface area (Å²) in [6.07, 6.45) is 1.36. The number of benzene rings is 2. The number of nitrogens with one attached hydrogen (secondary N) is 1. The molecule has 0 aliphatic carbocycles. The number of aryl methyl sites for hydroxylation is 2. The molecule has 0 unspecified atom stereocenters. The molecule has 0 aromatic heterocycles. The molecule has 0 heterocycles. The Kier molecular flexibility index (Phi) is 6.21. The van der Waals surface area contributed by atoms with Crippen molar-refractivity contribution < 1.29 is 9.53 Å². The van der Waals surface area contributed by atoms with Gasteiger partial charge in [0, 0.05) is 6.04 Å². The fourth-order valence-electron chi connectivity index (χ4n) is 2.33. The van der Waals surface area contributed by atoms with E-state index in [2.05, 4.69) is 17.4 Å². The summed E-state index contributed by atoms with van der Waals surface area (Å²) in [6, 6.07) is 18.1. The molecule has 122 valence electrons. The normalized spacial score (nSPS) is 13.2. The Labute approximate surface area is 138 Å². The molecule has 23 heavy (non-hydrogen) atoms. The van der Waals surface area contributed by atoms with E-state index in [0.29, 0.717) is 0 Å². The molecule has 0 spiro atoms. The Bertz CT molecular complexity index is 607. The van der Waals surface area contributed by atoms with E-state index in [1.54, 1.807) is 6.92 Å². The molecule has 2 atom stereocenters. The zero-order valence-corrected chi connectivity index (χ0v) is 14.1. The molecule has 3 nitrogen and oxygen atoms in total. The van der Waals surface area contributed by atoms with Crippen molar-refractivity contribution in [2.24, 2.45) is 0 Å². The molecular formula is C20H25NO2. The van der Waals surface area contributed by atoms with Crippen molar-refractivity contribution >= 4 is 5.91 Å². The molecule has 3 heteroatoms. The summed E-state index contributed by atoms with van der Waals surface area (Å²) in [7, 11) is 0. The Hall–Kier alpha value is -2.29. The standard InChI is InChI=1S/C20H25NO2/c1-15-9-13-19(14-10-15)23-17(3)20(22)21-16(2)11-12-18-7-5-4-6-8-18/h4-10,13-14,16-17H,11-12H2,1-3H3,(H,21,22)/t16-,17+/m0/s1. The summed E-state index contributed by atoms with van der Waals surface area (Å²) in [5.41, 5.74) is 2.46. The van der Waals surface area contributed by atoms with Crippen LogP contribution in [0.25, 0.3) is 0 Å². The molecule has 0 saturated carbocycles. The molecular weight excluding hydrogens is 286 g/mol. The molecule has 0 bridgehead atoms. The van der Waals surface area contributed by atoms with Crippen LogP contribution in [0.3, 0.4) is 0 Å². The average molecular weight is 311 g/mol. The van der Waals surface area contributed by atoms with Crippen LogP contribution in [0.4, 0.5) is 0 Å². The van der Waals surface area contributed by atoms with Crippen LogP contribution in [0.15, 0.2) is 54.6 Å². The van der Waals surface area contributed by atoms with Crippen LogP contribution in [0.2, 0.25) is 0 Å². The van der Waals surface area contributed by atoms with Crippen molar-refractivity contribution in [1.82, 2.24) is 5.32 Å². The highest BCUT2D eigenvalue weighted by Gasteiger charge is 2.16. The number of rotatable bonds is 7. The van der Waals surface area contributed by atoms with Gasteiger partial charge < -0.3 is 10.1 Å². The lowest BCUT2D eigenvalue weighted by Gasteiger charge is -2.19. The van der Waals surface area contributed by atoms with Gasteiger partial charge in [0.2, 0.25) is 0 Å². The average Bonchev–Trinajstić information content (AvgIpc) is 2.56. The largest absolute Gasteiger partial charge is 0.481 e. The maximum absolute atomic E-state index is 12.2. The number of amides is 1. The van der Waals surface area contributed by atoms with E-state index < -0.39 is 6.10 Å². The minimum atomic E-state index is -0.503. The Balaban J connectivity index is 1.77. The van der Waals surface area contributed by atoms with Crippen LogP contribution in [-0.4, -0.2) is 18.1 Å². The molecule has 1 N–H and O–H groups in total. The van der Waals surface area contributed by atoms with Crippen LogP contribution in [-0.2, 0) is 11.2 Å². The van der Waals surface area contributed by atoms with Crippen LogP contribution in [0, 0.1) is 6.92 Å². The van der Waals surface area contributed by atoms with Gasteiger partial charge in [-0.2, -0.15) is 0 Å². The molecule has 0 aliphatic rings. The lowest BCUT2D eigenvalue weighted by Crippen LogP contribution is -2.41. The van der Waals surface area contributed by atoms with Crippen molar-refractivity contribution in [3.63, 3.8) is 0 Å². The van der Waals surface area contributed by atoms with Crippen LogP contribution in [0.1, 0.15) is 31.4 Å². The third kappa shape index (κ3) is 5.78. The van der Waals surface area contributed by atoms with Gasteiger partial charge in [0.05, 0.1) is 0 Å². The molecule has 0 aliphatic heterocycles. The van der Waals surface area contributed by atoms with Gasteiger partial charge in [0.1, 0.15) is 5.75 Å². The number of carbonyl (C=O) groups excluding carboxylic acids is 1. The number of hydrogen-bond acceptors (Lipinski definition) is 2. The third-order valence-corrected chi connectivity index (χ3v) is 3.80. The maximum Gasteiger partial charge on any atom is 0.260 e. The van der Waals surface area contributed by atoms with E-state index in [-0.39, 0.29) is 11.9 Å². The summed E-state index contributed by atoms with van der Waals surface area (Å²) in [6.45, 7) is 5.83. The smallest absolute Gasteiger partial charge is 0.260 e. The van der Waals surface area contributed by atoms with Gasteiger partial charge in [-0.05, 0) is 51.3 Å². The van der Waals surface area contributed by atoms with Crippen molar-refractivity contribution in [2.45, 2.75) is 45.8 Å². The second-order valence-corrected chi connectivity index (χ2v) is 6.01. The summed E-state index contributed by atoms with van der Waals surface area (Å²) in [5.74, 6) is 0.640. The van der Waals surface area contributed by atoms with E-state index >= 15 is 0 Å². The third-order valence-electron chi connectivity index (χ3n) is 3.80. The molecule has 0 radical (unpaired) electrons. The fraction of sp³-hybridized carbons (Fsp3) is 0.350. The SMILES string of the molecule is Cc1ccc(O[C@H](C)C(=O)N[C@@H](C)CCc2ccccc2)cc1. The predicted octanol–water partition coefficient (Wildman–Crippen LogP) is 3.90. The van der Waals surface area contributed by atoms with Crippen LogP contribution >= 0.6 is 0 Å².